The van der Waals surface area contributed by atoms with Crippen LogP contribution in [0, 0.1) is 12.7 Å². The lowest BCUT2D eigenvalue weighted by Gasteiger charge is -2.17. The van der Waals surface area contributed by atoms with Crippen LogP contribution in [-0.4, -0.2) is 11.6 Å². The van der Waals surface area contributed by atoms with Gasteiger partial charge in [-0.25, -0.2) is 9.82 Å². The monoisotopic (exact) mass is 380 g/mol. The van der Waals surface area contributed by atoms with Crippen LogP contribution in [0.2, 0.25) is 0 Å². The predicted molar refractivity (Wildman–Crippen MR) is 105 cm³/mol. The van der Waals surface area contributed by atoms with Gasteiger partial charge in [0, 0.05) is 16.0 Å². The fourth-order valence-corrected chi connectivity index (χ4v) is 3.96. The van der Waals surface area contributed by atoms with Gasteiger partial charge in [-0.15, -0.1) is 11.3 Å². The molecule has 0 radical (unpaired) electrons. The van der Waals surface area contributed by atoms with E-state index < -0.39 is 0 Å². The van der Waals surface area contributed by atoms with Crippen LogP contribution in [0.5, 0.6) is 5.75 Å². The van der Waals surface area contributed by atoms with Crippen LogP contribution in [0.3, 0.4) is 0 Å². The number of thiophene rings is 1. The zero-order chi connectivity index (χ0) is 19.0. The molecule has 1 aromatic heterocycles. The lowest BCUT2D eigenvalue weighted by Crippen LogP contribution is -2.18. The highest BCUT2D eigenvalue weighted by Crippen LogP contribution is 2.42. The molecule has 2 aromatic carbocycles. The van der Waals surface area contributed by atoms with Gasteiger partial charge in [0.15, 0.2) is 0 Å². The number of nitrogens with one attached hydrogen (secondary N) is 1. The van der Waals surface area contributed by atoms with Crippen LogP contribution in [-0.2, 0) is 6.61 Å². The van der Waals surface area contributed by atoms with Crippen molar-refractivity contribution >= 4 is 23.0 Å². The molecule has 1 N–H and O–H groups in total. The fraction of sp³-hybridized carbons (Fsp3) is 0.143. The minimum Gasteiger partial charge on any atom is -0.488 e. The van der Waals surface area contributed by atoms with Gasteiger partial charge in [-0.2, -0.15) is 5.10 Å². The first-order chi connectivity index (χ1) is 13.0. The number of halogens is 1. The predicted octanol–water partition coefficient (Wildman–Crippen LogP) is 4.91. The Hall–Kier alpha value is -2.99. The Morgan fingerprint density at radius 2 is 1.96 bits per heavy atom. The van der Waals surface area contributed by atoms with Gasteiger partial charge in [-0.05, 0) is 43.7 Å². The third-order valence-corrected chi connectivity index (χ3v) is 5.61. The number of hydrazone groups is 1. The maximum atomic E-state index is 13.6. The summed E-state index contributed by atoms with van der Waals surface area (Å²) in [7, 11) is 0. The minimum absolute atomic E-state index is 0.293. The van der Waals surface area contributed by atoms with Crippen LogP contribution in [0.4, 0.5) is 4.39 Å². The molecule has 0 atom stereocenters. The molecule has 0 unspecified atom stereocenters. The maximum Gasteiger partial charge on any atom is 0.281 e. The molecule has 1 aliphatic rings. The van der Waals surface area contributed by atoms with Crippen molar-refractivity contribution in [2.75, 3.05) is 0 Å². The average molecular weight is 380 g/mol. The molecular weight excluding hydrogens is 363 g/mol. The lowest BCUT2D eigenvalue weighted by atomic mass is 10.1. The zero-order valence-electron chi connectivity index (χ0n) is 14.9. The summed E-state index contributed by atoms with van der Waals surface area (Å²) in [5.41, 5.74) is 6.99. The van der Waals surface area contributed by atoms with Crippen LogP contribution in [0.1, 0.15) is 33.3 Å². The molecule has 0 aliphatic carbocycles. The molecule has 0 spiro atoms. The molecule has 136 valence electrons. The molecule has 4 nitrogen and oxygen atoms in total. The van der Waals surface area contributed by atoms with Crippen molar-refractivity contribution in [3.05, 3.63) is 75.9 Å². The van der Waals surface area contributed by atoms with Gasteiger partial charge < -0.3 is 4.74 Å². The maximum absolute atomic E-state index is 13.6. The number of nitrogens with zero attached hydrogens (tertiary/aromatic N) is 1. The van der Waals surface area contributed by atoms with Crippen LogP contribution < -0.4 is 10.2 Å². The summed E-state index contributed by atoms with van der Waals surface area (Å²) in [5.74, 6) is 0.00711. The first-order valence-corrected chi connectivity index (χ1v) is 9.30. The quantitative estimate of drug-likeness (QED) is 0.518. The Balaban J connectivity index is 1.56. The van der Waals surface area contributed by atoms with Gasteiger partial charge in [-0.1, -0.05) is 29.8 Å². The number of carbonyl (C=O) groups excluding carboxylic acids is 1. The normalized spacial score (nSPS) is 12.8. The summed E-state index contributed by atoms with van der Waals surface area (Å²) in [6.07, 6.45) is 0. The van der Waals surface area contributed by atoms with Crippen molar-refractivity contribution in [2.24, 2.45) is 5.10 Å². The molecule has 27 heavy (non-hydrogen) atoms. The van der Waals surface area contributed by atoms with Crippen molar-refractivity contribution in [3.8, 4) is 16.2 Å². The van der Waals surface area contributed by atoms with Gasteiger partial charge in [0.05, 0.1) is 10.6 Å². The van der Waals surface area contributed by atoms with Gasteiger partial charge in [-0.3, -0.25) is 4.79 Å². The summed E-state index contributed by atoms with van der Waals surface area (Å²) in [6.45, 7) is 4.23. The summed E-state index contributed by atoms with van der Waals surface area (Å²) in [4.78, 5) is 13.9. The van der Waals surface area contributed by atoms with E-state index in [0.717, 1.165) is 21.7 Å². The highest BCUT2D eigenvalue weighted by atomic mass is 32.1. The smallest absolute Gasteiger partial charge is 0.281 e. The second-order valence-corrected chi connectivity index (χ2v) is 7.45. The van der Waals surface area contributed by atoms with E-state index in [2.05, 4.69) is 10.5 Å². The van der Waals surface area contributed by atoms with Crippen molar-refractivity contribution in [2.45, 2.75) is 20.5 Å². The molecule has 4 rings (SSSR count). The summed E-state index contributed by atoms with van der Waals surface area (Å²) in [5, 5.41) is 4.20. The number of carbonyl (C=O) groups is 1. The van der Waals surface area contributed by atoms with Crippen molar-refractivity contribution < 1.29 is 13.9 Å². The molecule has 0 fully saturated rings. The Morgan fingerprint density at radius 1 is 1.19 bits per heavy atom. The molecular formula is C21H17FN2O2S. The largest absolute Gasteiger partial charge is 0.488 e. The third kappa shape index (κ3) is 3.48. The van der Waals surface area contributed by atoms with Crippen molar-refractivity contribution in [1.82, 2.24) is 5.43 Å². The number of hydrogen-bond acceptors (Lipinski definition) is 4. The van der Waals surface area contributed by atoms with Crippen LogP contribution in [0.25, 0.3) is 10.4 Å². The number of benzene rings is 2. The summed E-state index contributed by atoms with van der Waals surface area (Å²) < 4.78 is 19.2. The van der Waals surface area contributed by atoms with Gasteiger partial charge in [0.1, 0.15) is 18.2 Å². The molecule has 3 aromatic rings. The molecule has 0 bridgehead atoms. The van der Waals surface area contributed by atoms with E-state index in [-0.39, 0.29) is 11.7 Å². The highest BCUT2D eigenvalue weighted by Gasteiger charge is 2.23. The van der Waals surface area contributed by atoms with Gasteiger partial charge in [0.2, 0.25) is 0 Å². The number of amides is 1. The van der Waals surface area contributed by atoms with Gasteiger partial charge >= 0.3 is 0 Å². The number of aryl methyl sites for hydroxylation is 1. The van der Waals surface area contributed by atoms with E-state index in [1.54, 1.807) is 12.1 Å². The average Bonchev–Trinajstić information content (AvgIpc) is 3.11. The molecule has 0 saturated heterocycles. The van der Waals surface area contributed by atoms with E-state index in [1.807, 2.05) is 38.1 Å². The first-order valence-electron chi connectivity index (χ1n) is 8.48. The van der Waals surface area contributed by atoms with E-state index in [4.69, 9.17) is 4.74 Å². The number of rotatable bonds is 3. The van der Waals surface area contributed by atoms with Crippen molar-refractivity contribution in [3.63, 3.8) is 0 Å². The molecule has 2 heterocycles. The topological polar surface area (TPSA) is 50.7 Å². The molecule has 6 heteroatoms. The Morgan fingerprint density at radius 3 is 2.74 bits per heavy atom. The standard InChI is InChI=1S/C21H17FN2O2S/c1-12-3-5-14(6-4-12)13(2)23-24-21(25)19-9-15-11-26-18-8-7-16(22)10-17(18)20(15)27-19/h3-10H,11H2,1-2H3,(H,24,25)/b23-13+. The minimum atomic E-state index is -0.331. The highest BCUT2D eigenvalue weighted by molar-refractivity contribution is 7.17. The second-order valence-electron chi connectivity index (χ2n) is 6.40. The number of ether oxygens (including phenoxy) is 1. The van der Waals surface area contributed by atoms with E-state index in [0.29, 0.717) is 22.8 Å². The summed E-state index contributed by atoms with van der Waals surface area (Å²) >= 11 is 1.32. The zero-order valence-corrected chi connectivity index (χ0v) is 15.7. The Bertz CT molecular complexity index is 1050. The fourth-order valence-electron chi connectivity index (χ4n) is 2.89. The van der Waals surface area contributed by atoms with Crippen molar-refractivity contribution in [1.29, 1.82) is 0 Å². The van der Waals surface area contributed by atoms with Crippen LogP contribution >= 0.6 is 11.3 Å². The van der Waals surface area contributed by atoms with Gasteiger partial charge in [0.25, 0.3) is 5.91 Å². The Kier molecular flexibility index (Phi) is 4.49. The van der Waals surface area contributed by atoms with Crippen LogP contribution in [0.15, 0.2) is 53.6 Å². The second kappa shape index (κ2) is 6.96. The first kappa shape index (κ1) is 17.4. The van der Waals surface area contributed by atoms with E-state index >= 15 is 0 Å². The summed E-state index contributed by atoms with van der Waals surface area (Å²) in [6, 6.07) is 14.1. The molecule has 0 saturated carbocycles. The number of hydrogen-bond donors (Lipinski definition) is 1. The third-order valence-electron chi connectivity index (χ3n) is 4.40. The number of fused-ring (bicyclic) bond motifs is 3. The SMILES string of the molecule is C/C(=N\NC(=O)c1cc2c(s1)-c1cc(F)ccc1OC2)c1ccc(C)cc1. The molecule has 1 aliphatic heterocycles. The lowest BCUT2D eigenvalue weighted by molar-refractivity contribution is 0.0959. The van der Waals surface area contributed by atoms with E-state index in [1.165, 1.54) is 29.0 Å². The van der Waals surface area contributed by atoms with E-state index in [9.17, 15) is 9.18 Å². The molecule has 1 amide bonds. The Labute approximate surface area is 160 Å².